The Morgan fingerprint density at radius 3 is 2.39 bits per heavy atom. The van der Waals surface area contributed by atoms with E-state index in [1.54, 1.807) is 25.1 Å². The fraction of sp³-hybridized carbons (Fsp3) is 0.118. The summed E-state index contributed by atoms with van der Waals surface area (Å²) in [6, 6.07) is 15.5. The number of phenols is 1. The summed E-state index contributed by atoms with van der Waals surface area (Å²) in [4.78, 5) is 23.5. The molecule has 2 aromatic rings. The van der Waals surface area contributed by atoms with E-state index in [1.807, 2.05) is 30.3 Å². The highest BCUT2D eigenvalue weighted by atomic mass is 16.3. The average molecular weight is 311 g/mol. The van der Waals surface area contributed by atoms with Gasteiger partial charge in [0.15, 0.2) is 0 Å². The number of benzene rings is 2. The highest BCUT2D eigenvalue weighted by Gasteiger charge is 2.16. The summed E-state index contributed by atoms with van der Waals surface area (Å²) in [5.41, 5.74) is 3.45. The van der Waals surface area contributed by atoms with Gasteiger partial charge in [-0.2, -0.15) is 5.10 Å². The van der Waals surface area contributed by atoms with Gasteiger partial charge in [-0.1, -0.05) is 42.5 Å². The molecule has 118 valence electrons. The lowest BCUT2D eigenvalue weighted by atomic mass is 10.1. The Bertz CT molecular complexity index is 714. The van der Waals surface area contributed by atoms with Crippen LogP contribution in [-0.4, -0.2) is 23.1 Å². The van der Waals surface area contributed by atoms with E-state index in [0.717, 1.165) is 5.56 Å². The first-order chi connectivity index (χ1) is 11.1. The molecule has 3 N–H and O–H groups in total. The first-order valence-electron chi connectivity index (χ1n) is 7.05. The number of rotatable bonds is 4. The third-order valence-electron chi connectivity index (χ3n) is 3.16. The third kappa shape index (κ3) is 4.67. The zero-order valence-electron chi connectivity index (χ0n) is 12.6. The van der Waals surface area contributed by atoms with Gasteiger partial charge in [-0.25, -0.2) is 5.43 Å². The lowest BCUT2D eigenvalue weighted by Gasteiger charge is -2.13. The van der Waals surface area contributed by atoms with Gasteiger partial charge in [-0.3, -0.25) is 9.59 Å². The predicted molar refractivity (Wildman–Crippen MR) is 86.8 cm³/mol. The van der Waals surface area contributed by atoms with Crippen molar-refractivity contribution in [1.82, 2.24) is 10.7 Å². The zero-order valence-corrected chi connectivity index (χ0v) is 12.6. The van der Waals surface area contributed by atoms with E-state index in [1.165, 1.54) is 12.3 Å². The molecule has 0 aliphatic heterocycles. The number of phenolic OH excluding ortho intramolecular Hbond substituents is 1. The summed E-state index contributed by atoms with van der Waals surface area (Å²) < 4.78 is 0. The molecule has 2 aromatic carbocycles. The second-order valence-corrected chi connectivity index (χ2v) is 4.86. The van der Waals surface area contributed by atoms with Crippen molar-refractivity contribution in [2.24, 2.45) is 5.10 Å². The van der Waals surface area contributed by atoms with Gasteiger partial charge in [0.25, 0.3) is 0 Å². The molecule has 0 aliphatic carbocycles. The quantitative estimate of drug-likeness (QED) is 0.456. The lowest BCUT2D eigenvalue weighted by molar-refractivity contribution is -0.139. The molecule has 0 aliphatic rings. The van der Waals surface area contributed by atoms with Crippen molar-refractivity contribution in [2.75, 3.05) is 0 Å². The van der Waals surface area contributed by atoms with Gasteiger partial charge in [0.2, 0.25) is 0 Å². The molecular formula is C17H17N3O3. The Morgan fingerprint density at radius 1 is 1.04 bits per heavy atom. The van der Waals surface area contributed by atoms with Crippen LogP contribution in [-0.2, 0) is 9.59 Å². The van der Waals surface area contributed by atoms with Crippen molar-refractivity contribution in [2.45, 2.75) is 13.0 Å². The van der Waals surface area contributed by atoms with Crippen LogP contribution in [0.4, 0.5) is 0 Å². The van der Waals surface area contributed by atoms with Crippen LogP contribution in [0.25, 0.3) is 0 Å². The number of aromatic hydroxyl groups is 1. The molecule has 0 aromatic heterocycles. The maximum absolute atomic E-state index is 11.8. The molecule has 0 heterocycles. The molecule has 0 saturated heterocycles. The van der Waals surface area contributed by atoms with Gasteiger partial charge in [0, 0.05) is 5.56 Å². The van der Waals surface area contributed by atoms with Gasteiger partial charge in [0.1, 0.15) is 5.75 Å². The highest BCUT2D eigenvalue weighted by molar-refractivity contribution is 6.35. The Morgan fingerprint density at radius 2 is 1.70 bits per heavy atom. The number of nitrogens with zero attached hydrogens (tertiary/aromatic N) is 1. The van der Waals surface area contributed by atoms with Gasteiger partial charge in [0.05, 0.1) is 12.3 Å². The topological polar surface area (TPSA) is 90.8 Å². The van der Waals surface area contributed by atoms with Gasteiger partial charge in [-0.05, 0) is 24.6 Å². The summed E-state index contributed by atoms with van der Waals surface area (Å²) in [5, 5.41) is 15.8. The first-order valence-corrected chi connectivity index (χ1v) is 7.05. The van der Waals surface area contributed by atoms with Crippen LogP contribution in [0.5, 0.6) is 5.75 Å². The normalized spacial score (nSPS) is 11.9. The number of carbonyl (C=O) groups is 2. The van der Waals surface area contributed by atoms with Crippen molar-refractivity contribution in [3.63, 3.8) is 0 Å². The van der Waals surface area contributed by atoms with Crippen molar-refractivity contribution in [3.05, 3.63) is 65.7 Å². The van der Waals surface area contributed by atoms with Crippen molar-refractivity contribution in [1.29, 1.82) is 0 Å². The molecule has 1 unspecified atom stereocenters. The molecule has 2 rings (SSSR count). The summed E-state index contributed by atoms with van der Waals surface area (Å²) in [5.74, 6) is -1.62. The fourth-order valence-corrected chi connectivity index (χ4v) is 1.90. The standard InChI is InChI=1S/C17H17N3O3/c1-12(13-7-3-2-4-8-13)19-16(22)17(23)20-18-11-14-9-5-6-10-15(14)21/h2-12,21H,1H3,(H,19,22)(H,20,23). The molecule has 0 fully saturated rings. The number of hydrogen-bond donors (Lipinski definition) is 3. The highest BCUT2D eigenvalue weighted by Crippen LogP contribution is 2.12. The van der Waals surface area contributed by atoms with Crippen LogP contribution in [0.2, 0.25) is 0 Å². The van der Waals surface area contributed by atoms with Crippen LogP contribution in [0.1, 0.15) is 24.1 Å². The Hall–Kier alpha value is -3.15. The number of nitrogens with one attached hydrogen (secondary N) is 2. The second kappa shape index (κ2) is 7.74. The van der Waals surface area contributed by atoms with Gasteiger partial charge < -0.3 is 10.4 Å². The number of hydrazone groups is 1. The number of para-hydroxylation sites is 1. The van der Waals surface area contributed by atoms with Crippen LogP contribution >= 0.6 is 0 Å². The minimum atomic E-state index is -0.876. The van der Waals surface area contributed by atoms with Crippen LogP contribution in [0.15, 0.2) is 59.7 Å². The molecule has 23 heavy (non-hydrogen) atoms. The third-order valence-corrected chi connectivity index (χ3v) is 3.16. The van der Waals surface area contributed by atoms with Crippen molar-refractivity contribution >= 4 is 18.0 Å². The minimum Gasteiger partial charge on any atom is -0.507 e. The maximum Gasteiger partial charge on any atom is 0.329 e. The average Bonchev–Trinajstić information content (AvgIpc) is 2.57. The molecule has 6 heteroatoms. The van der Waals surface area contributed by atoms with E-state index in [2.05, 4.69) is 15.8 Å². The minimum absolute atomic E-state index is 0.0349. The molecule has 0 spiro atoms. The second-order valence-electron chi connectivity index (χ2n) is 4.86. The SMILES string of the molecule is CC(NC(=O)C(=O)NN=Cc1ccccc1O)c1ccccc1. The largest absolute Gasteiger partial charge is 0.507 e. The summed E-state index contributed by atoms with van der Waals surface area (Å²) in [6.45, 7) is 1.78. The van der Waals surface area contributed by atoms with E-state index in [9.17, 15) is 14.7 Å². The van der Waals surface area contributed by atoms with Crippen LogP contribution in [0.3, 0.4) is 0 Å². The molecular weight excluding hydrogens is 294 g/mol. The Balaban J connectivity index is 1.88. The zero-order chi connectivity index (χ0) is 16.7. The molecule has 0 bridgehead atoms. The Labute approximate surface area is 133 Å². The first kappa shape index (κ1) is 16.2. The maximum atomic E-state index is 11.8. The number of carbonyl (C=O) groups excluding carboxylic acids is 2. The summed E-state index contributed by atoms with van der Waals surface area (Å²) in [6.07, 6.45) is 1.27. The van der Waals surface area contributed by atoms with E-state index >= 15 is 0 Å². The molecule has 1 atom stereocenters. The summed E-state index contributed by atoms with van der Waals surface area (Å²) in [7, 11) is 0. The van der Waals surface area contributed by atoms with Crippen molar-refractivity contribution < 1.29 is 14.7 Å². The molecule has 0 saturated carbocycles. The monoisotopic (exact) mass is 311 g/mol. The van der Waals surface area contributed by atoms with E-state index in [4.69, 9.17) is 0 Å². The van der Waals surface area contributed by atoms with E-state index in [0.29, 0.717) is 5.56 Å². The molecule has 2 amide bonds. The smallest absolute Gasteiger partial charge is 0.329 e. The predicted octanol–water partition coefficient (Wildman–Crippen LogP) is 1.72. The summed E-state index contributed by atoms with van der Waals surface area (Å²) >= 11 is 0. The Kier molecular flexibility index (Phi) is 5.46. The fourth-order valence-electron chi connectivity index (χ4n) is 1.90. The van der Waals surface area contributed by atoms with Gasteiger partial charge >= 0.3 is 11.8 Å². The molecule has 0 radical (unpaired) electrons. The lowest BCUT2D eigenvalue weighted by Crippen LogP contribution is -2.39. The van der Waals surface area contributed by atoms with Crippen LogP contribution in [0, 0.1) is 0 Å². The van der Waals surface area contributed by atoms with E-state index in [-0.39, 0.29) is 11.8 Å². The van der Waals surface area contributed by atoms with Gasteiger partial charge in [-0.15, -0.1) is 0 Å². The number of hydrogen-bond acceptors (Lipinski definition) is 4. The van der Waals surface area contributed by atoms with Crippen LogP contribution < -0.4 is 10.7 Å². The number of amides is 2. The van der Waals surface area contributed by atoms with Crippen molar-refractivity contribution in [3.8, 4) is 5.75 Å². The molecule has 6 nitrogen and oxygen atoms in total. The van der Waals surface area contributed by atoms with E-state index < -0.39 is 11.8 Å².